The third-order valence-electron chi connectivity index (χ3n) is 6.91. The van der Waals surface area contributed by atoms with Gasteiger partial charge in [0.25, 0.3) is 0 Å². The molecule has 0 atom stereocenters. The molecule has 0 saturated carbocycles. The summed E-state index contributed by atoms with van der Waals surface area (Å²) in [6, 6.07) is 22.2. The summed E-state index contributed by atoms with van der Waals surface area (Å²) < 4.78 is 5.62. The van der Waals surface area contributed by atoms with Crippen LogP contribution in [-0.4, -0.2) is 71.5 Å². The van der Waals surface area contributed by atoms with E-state index < -0.39 is 0 Å². The maximum absolute atomic E-state index is 13.2. The molecule has 1 aliphatic heterocycles. The molecule has 1 aliphatic rings. The predicted molar refractivity (Wildman–Crippen MR) is 143 cm³/mol. The summed E-state index contributed by atoms with van der Waals surface area (Å²) in [5.41, 5.74) is 2.12. The molecule has 7 nitrogen and oxygen atoms in total. The third-order valence-corrected chi connectivity index (χ3v) is 6.91. The number of rotatable bonds is 9. The molecule has 4 aromatic rings. The SMILES string of the molecule is CCN1CCN(C(=O)CCN(CCc2ccccc2)c2nc(-c3ccco3)nc3ccccc23)CC1. The highest BCUT2D eigenvalue weighted by Gasteiger charge is 2.22. The van der Waals surface area contributed by atoms with Crippen LogP contribution in [0, 0.1) is 0 Å². The second-order valence-corrected chi connectivity index (χ2v) is 9.15. The zero-order valence-corrected chi connectivity index (χ0v) is 20.8. The molecule has 2 aromatic carbocycles. The number of carbonyl (C=O) groups is 1. The highest BCUT2D eigenvalue weighted by atomic mass is 16.3. The minimum atomic E-state index is 0.208. The lowest BCUT2D eigenvalue weighted by molar-refractivity contribution is -0.132. The molecule has 7 heteroatoms. The molecule has 2 aromatic heterocycles. The summed E-state index contributed by atoms with van der Waals surface area (Å²) in [6.07, 6.45) is 2.95. The van der Waals surface area contributed by atoms with Crippen molar-refractivity contribution >= 4 is 22.6 Å². The number of nitrogens with zero attached hydrogens (tertiary/aromatic N) is 5. The lowest BCUT2D eigenvalue weighted by Crippen LogP contribution is -2.49. The first-order valence-corrected chi connectivity index (χ1v) is 12.8. The van der Waals surface area contributed by atoms with Crippen LogP contribution in [0.4, 0.5) is 5.82 Å². The molecular weight excluding hydrogens is 450 g/mol. The van der Waals surface area contributed by atoms with Gasteiger partial charge in [0, 0.05) is 51.1 Å². The van der Waals surface area contributed by atoms with Crippen molar-refractivity contribution in [3.05, 3.63) is 78.6 Å². The van der Waals surface area contributed by atoms with Crippen molar-refractivity contribution in [3.63, 3.8) is 0 Å². The van der Waals surface area contributed by atoms with E-state index in [2.05, 4.69) is 47.1 Å². The Balaban J connectivity index is 1.41. The summed E-state index contributed by atoms with van der Waals surface area (Å²) in [4.78, 5) is 29.5. The van der Waals surface area contributed by atoms with Crippen molar-refractivity contribution in [2.24, 2.45) is 0 Å². The summed E-state index contributed by atoms with van der Waals surface area (Å²) >= 11 is 0. The third kappa shape index (κ3) is 5.57. The van der Waals surface area contributed by atoms with Crippen molar-refractivity contribution < 1.29 is 9.21 Å². The number of anilines is 1. The van der Waals surface area contributed by atoms with Gasteiger partial charge in [0.15, 0.2) is 11.6 Å². The van der Waals surface area contributed by atoms with Crippen molar-refractivity contribution in [2.75, 3.05) is 50.7 Å². The lowest BCUT2D eigenvalue weighted by Gasteiger charge is -2.34. The molecule has 0 N–H and O–H groups in total. The van der Waals surface area contributed by atoms with E-state index in [1.165, 1.54) is 5.56 Å². The summed E-state index contributed by atoms with van der Waals surface area (Å²) in [6.45, 7) is 8.05. The van der Waals surface area contributed by atoms with Crippen LogP contribution in [-0.2, 0) is 11.2 Å². The van der Waals surface area contributed by atoms with Gasteiger partial charge in [-0.15, -0.1) is 0 Å². The lowest BCUT2D eigenvalue weighted by atomic mass is 10.1. The highest BCUT2D eigenvalue weighted by molar-refractivity contribution is 5.91. The fourth-order valence-corrected chi connectivity index (χ4v) is 4.75. The molecular formula is C29H33N5O2. The summed E-state index contributed by atoms with van der Waals surface area (Å²) in [5.74, 6) is 2.24. The van der Waals surface area contributed by atoms with E-state index in [4.69, 9.17) is 14.4 Å². The fourth-order valence-electron chi connectivity index (χ4n) is 4.75. The first-order chi connectivity index (χ1) is 17.7. The number of fused-ring (bicyclic) bond motifs is 1. The number of piperazine rings is 1. The predicted octanol–water partition coefficient (Wildman–Crippen LogP) is 4.49. The van der Waals surface area contributed by atoms with Crippen LogP contribution in [0.25, 0.3) is 22.5 Å². The molecule has 0 unspecified atom stereocenters. The Kier molecular flexibility index (Phi) is 7.57. The second kappa shape index (κ2) is 11.4. The van der Waals surface area contributed by atoms with Crippen molar-refractivity contribution in [2.45, 2.75) is 19.8 Å². The fraction of sp³-hybridized carbons (Fsp3) is 0.345. The van der Waals surface area contributed by atoms with Gasteiger partial charge in [0.05, 0.1) is 11.8 Å². The Bertz CT molecular complexity index is 1270. The average molecular weight is 484 g/mol. The molecule has 0 aliphatic carbocycles. The van der Waals surface area contributed by atoms with E-state index in [0.717, 1.165) is 62.4 Å². The van der Waals surface area contributed by atoms with Gasteiger partial charge in [0.1, 0.15) is 5.82 Å². The quantitative estimate of drug-likeness (QED) is 0.349. The van der Waals surface area contributed by atoms with E-state index in [-0.39, 0.29) is 5.91 Å². The molecule has 3 heterocycles. The van der Waals surface area contributed by atoms with Gasteiger partial charge in [-0.1, -0.05) is 49.4 Å². The number of aromatic nitrogens is 2. The number of benzene rings is 2. The Morgan fingerprint density at radius 2 is 1.69 bits per heavy atom. The molecule has 1 saturated heterocycles. The molecule has 1 amide bonds. The van der Waals surface area contributed by atoms with Gasteiger partial charge < -0.3 is 19.1 Å². The highest BCUT2D eigenvalue weighted by Crippen LogP contribution is 2.28. The molecule has 186 valence electrons. The largest absolute Gasteiger partial charge is 0.461 e. The van der Waals surface area contributed by atoms with Gasteiger partial charge >= 0.3 is 0 Å². The summed E-state index contributed by atoms with van der Waals surface area (Å²) in [7, 11) is 0. The maximum Gasteiger partial charge on any atom is 0.224 e. The Morgan fingerprint density at radius 3 is 2.44 bits per heavy atom. The van der Waals surface area contributed by atoms with Crippen LogP contribution < -0.4 is 4.90 Å². The Labute approximate surface area is 212 Å². The van der Waals surface area contributed by atoms with Gasteiger partial charge in [0.2, 0.25) is 5.91 Å². The van der Waals surface area contributed by atoms with E-state index in [9.17, 15) is 4.79 Å². The second-order valence-electron chi connectivity index (χ2n) is 9.15. The minimum Gasteiger partial charge on any atom is -0.461 e. The first-order valence-electron chi connectivity index (χ1n) is 12.8. The minimum absolute atomic E-state index is 0.208. The topological polar surface area (TPSA) is 65.7 Å². The van der Waals surface area contributed by atoms with Crippen LogP contribution in [0.15, 0.2) is 77.4 Å². The van der Waals surface area contributed by atoms with E-state index in [1.807, 2.05) is 41.3 Å². The van der Waals surface area contributed by atoms with Crippen LogP contribution in [0.3, 0.4) is 0 Å². The number of carbonyl (C=O) groups excluding carboxylic acids is 1. The van der Waals surface area contributed by atoms with E-state index in [1.54, 1.807) is 6.26 Å². The molecule has 1 fully saturated rings. The monoisotopic (exact) mass is 483 g/mol. The smallest absolute Gasteiger partial charge is 0.224 e. The van der Waals surface area contributed by atoms with Crippen molar-refractivity contribution in [3.8, 4) is 11.6 Å². The number of likely N-dealkylation sites (N-methyl/N-ethyl adjacent to an activating group) is 1. The van der Waals surface area contributed by atoms with E-state index >= 15 is 0 Å². The number of amides is 1. The molecule has 0 bridgehead atoms. The zero-order valence-electron chi connectivity index (χ0n) is 20.8. The maximum atomic E-state index is 13.2. The van der Waals surface area contributed by atoms with Gasteiger partial charge in [-0.3, -0.25) is 4.79 Å². The van der Waals surface area contributed by atoms with Crippen LogP contribution in [0.1, 0.15) is 18.9 Å². The number of para-hydroxylation sites is 1. The standard InChI is InChI=1S/C29H33N5O2/c1-2-32-18-20-33(21-19-32)27(35)15-17-34(16-14-23-9-4-3-5-10-23)29-24-11-6-7-12-25(24)30-28(31-29)26-13-8-22-36-26/h3-13,22H,2,14-21H2,1H3. The molecule has 0 radical (unpaired) electrons. The van der Waals surface area contributed by atoms with Gasteiger partial charge in [-0.2, -0.15) is 0 Å². The van der Waals surface area contributed by atoms with E-state index in [0.29, 0.717) is 24.6 Å². The van der Waals surface area contributed by atoms with Crippen molar-refractivity contribution in [1.82, 2.24) is 19.8 Å². The van der Waals surface area contributed by atoms with Gasteiger partial charge in [-0.25, -0.2) is 9.97 Å². The first kappa shape index (κ1) is 24.0. The number of furan rings is 1. The molecule has 5 rings (SSSR count). The Morgan fingerprint density at radius 1 is 0.917 bits per heavy atom. The Hall–Kier alpha value is -3.71. The number of hydrogen-bond acceptors (Lipinski definition) is 6. The normalized spacial score (nSPS) is 14.3. The van der Waals surface area contributed by atoms with Crippen LogP contribution in [0.5, 0.6) is 0 Å². The van der Waals surface area contributed by atoms with Crippen molar-refractivity contribution in [1.29, 1.82) is 0 Å². The number of hydrogen-bond donors (Lipinski definition) is 0. The summed E-state index contributed by atoms with van der Waals surface area (Å²) in [5, 5.41) is 0.977. The average Bonchev–Trinajstić information content (AvgIpc) is 3.48. The van der Waals surface area contributed by atoms with Crippen LogP contribution >= 0.6 is 0 Å². The van der Waals surface area contributed by atoms with Crippen LogP contribution in [0.2, 0.25) is 0 Å². The zero-order chi connectivity index (χ0) is 24.7. The van der Waals surface area contributed by atoms with Gasteiger partial charge in [-0.05, 0) is 42.8 Å². The molecule has 0 spiro atoms. The molecule has 36 heavy (non-hydrogen) atoms.